The van der Waals surface area contributed by atoms with Gasteiger partial charge < -0.3 is 10.0 Å². The number of carbonyl (C=O) groups is 1. The molecule has 2 rings (SSSR count). The highest BCUT2D eigenvalue weighted by Crippen LogP contribution is 2.41. The normalized spacial score (nSPS) is 16.7. The third kappa shape index (κ3) is 3.73. The van der Waals surface area contributed by atoms with E-state index in [0.29, 0.717) is 12.8 Å². The molecule has 6 nitrogen and oxygen atoms in total. The Morgan fingerprint density at radius 1 is 1.30 bits per heavy atom. The van der Waals surface area contributed by atoms with E-state index in [0.717, 1.165) is 16.8 Å². The van der Waals surface area contributed by atoms with Crippen molar-refractivity contribution in [3.8, 4) is 5.75 Å². The van der Waals surface area contributed by atoms with Crippen molar-refractivity contribution in [3.05, 3.63) is 29.3 Å². The molecular weight excluding hydrogens is 318 g/mol. The molecule has 0 amide bonds. The Morgan fingerprint density at radius 2 is 1.96 bits per heavy atom. The van der Waals surface area contributed by atoms with E-state index >= 15 is 0 Å². The van der Waals surface area contributed by atoms with Gasteiger partial charge in [-0.2, -0.15) is 8.42 Å². The number of nitrogens with zero attached hydrogens (tertiary/aromatic N) is 1. The molecule has 0 fully saturated rings. The van der Waals surface area contributed by atoms with Crippen molar-refractivity contribution in [3.63, 3.8) is 0 Å². The first kappa shape index (κ1) is 17.5. The summed E-state index contributed by atoms with van der Waals surface area (Å²) in [5.74, 6) is -0.431. The maximum Gasteiger partial charge on any atom is 0.264 e. The molecule has 1 aliphatic rings. The van der Waals surface area contributed by atoms with Crippen molar-refractivity contribution in [1.82, 2.24) is 0 Å². The second-order valence-electron chi connectivity index (χ2n) is 6.32. The fourth-order valence-corrected chi connectivity index (χ4v) is 3.53. The third-order valence-electron chi connectivity index (χ3n) is 4.04. The summed E-state index contributed by atoms with van der Waals surface area (Å²) in [6.45, 7) is 6.29. The van der Waals surface area contributed by atoms with Gasteiger partial charge in [-0.1, -0.05) is 6.08 Å². The largest absolute Gasteiger partial charge is 0.507 e. The number of phenols is 1. The van der Waals surface area contributed by atoms with Gasteiger partial charge in [0.05, 0.1) is 16.9 Å². The molecular formula is C16H21NO5S. The quantitative estimate of drug-likeness (QED) is 0.632. The van der Waals surface area contributed by atoms with Gasteiger partial charge in [-0.25, -0.2) is 0 Å². The van der Waals surface area contributed by atoms with E-state index in [-0.39, 0.29) is 29.0 Å². The lowest BCUT2D eigenvalue weighted by atomic mass is 9.87. The van der Waals surface area contributed by atoms with Gasteiger partial charge in [-0.05, 0) is 38.8 Å². The van der Waals surface area contributed by atoms with E-state index in [1.165, 1.54) is 6.07 Å². The van der Waals surface area contributed by atoms with E-state index in [1.54, 1.807) is 6.07 Å². The molecule has 0 atom stereocenters. The van der Waals surface area contributed by atoms with Crippen LogP contribution in [0.1, 0.15) is 43.1 Å². The highest BCUT2D eigenvalue weighted by molar-refractivity contribution is 7.85. The number of hydrogen-bond acceptors (Lipinski definition) is 5. The van der Waals surface area contributed by atoms with E-state index in [2.05, 4.69) is 0 Å². The van der Waals surface area contributed by atoms with Crippen LogP contribution in [0.2, 0.25) is 0 Å². The zero-order valence-electron chi connectivity index (χ0n) is 13.4. The molecule has 2 N–H and O–H groups in total. The first-order valence-corrected chi connectivity index (χ1v) is 8.91. The highest BCUT2D eigenvalue weighted by Gasteiger charge is 2.32. The van der Waals surface area contributed by atoms with Gasteiger partial charge in [-0.3, -0.25) is 9.35 Å². The Balaban J connectivity index is 2.43. The lowest BCUT2D eigenvalue weighted by Crippen LogP contribution is -2.46. The minimum absolute atomic E-state index is 0.107. The molecule has 0 aliphatic carbocycles. The number of anilines is 1. The van der Waals surface area contributed by atoms with Crippen molar-refractivity contribution < 1.29 is 22.9 Å². The summed E-state index contributed by atoms with van der Waals surface area (Å²) in [6.07, 6.45) is 2.89. The van der Waals surface area contributed by atoms with Crippen LogP contribution < -0.4 is 4.90 Å². The molecule has 7 heteroatoms. The van der Waals surface area contributed by atoms with Crippen LogP contribution in [0.4, 0.5) is 5.69 Å². The topological polar surface area (TPSA) is 94.9 Å². The van der Waals surface area contributed by atoms with Crippen LogP contribution >= 0.6 is 0 Å². The van der Waals surface area contributed by atoms with Gasteiger partial charge >= 0.3 is 0 Å². The fraction of sp³-hybridized carbons (Fsp3) is 0.438. The van der Waals surface area contributed by atoms with Gasteiger partial charge in [0.2, 0.25) is 0 Å². The molecule has 0 aromatic heterocycles. The monoisotopic (exact) mass is 339 g/mol. The summed E-state index contributed by atoms with van der Waals surface area (Å²) in [5.41, 5.74) is 2.39. The van der Waals surface area contributed by atoms with Crippen molar-refractivity contribution in [2.45, 2.75) is 32.7 Å². The average Bonchev–Trinajstić information content (AvgIpc) is 2.40. The second kappa shape index (κ2) is 5.98. The van der Waals surface area contributed by atoms with E-state index in [1.807, 2.05) is 31.7 Å². The van der Waals surface area contributed by atoms with Crippen LogP contribution in [0.3, 0.4) is 0 Å². The number of hydrogen-bond donors (Lipinski definition) is 2. The Kier molecular flexibility index (Phi) is 4.54. The lowest BCUT2D eigenvalue weighted by molar-refractivity contribution is 0.112. The van der Waals surface area contributed by atoms with Crippen molar-refractivity contribution >= 4 is 27.7 Å². The zero-order chi connectivity index (χ0) is 17.4. The number of phenolic OH excluding ortho intramolecular Hbond substituents is 1. The Hall–Kier alpha value is -1.86. The number of benzene rings is 1. The van der Waals surface area contributed by atoms with Gasteiger partial charge in [0.1, 0.15) is 5.75 Å². The number of allylic oxidation sites excluding steroid dienone is 1. The van der Waals surface area contributed by atoms with Crippen LogP contribution in [0.15, 0.2) is 18.2 Å². The summed E-state index contributed by atoms with van der Waals surface area (Å²) >= 11 is 0. The van der Waals surface area contributed by atoms with Gasteiger partial charge in [0.25, 0.3) is 10.1 Å². The van der Waals surface area contributed by atoms with E-state index < -0.39 is 10.1 Å². The van der Waals surface area contributed by atoms with Gasteiger partial charge in [-0.15, -0.1) is 0 Å². The molecule has 0 bridgehead atoms. The molecule has 0 radical (unpaired) electrons. The molecule has 0 saturated carbocycles. The average molecular weight is 339 g/mol. The maximum atomic E-state index is 11.0. The summed E-state index contributed by atoms with van der Waals surface area (Å²) in [5, 5.41) is 9.98. The molecule has 1 aliphatic heterocycles. The van der Waals surface area contributed by atoms with Crippen LogP contribution in [0.5, 0.6) is 5.75 Å². The molecule has 126 valence electrons. The molecule has 1 aromatic carbocycles. The summed E-state index contributed by atoms with van der Waals surface area (Å²) in [7, 11) is -4.01. The number of carbonyl (C=O) groups excluding carboxylic acids is 1. The Morgan fingerprint density at radius 3 is 2.52 bits per heavy atom. The minimum atomic E-state index is -4.01. The van der Waals surface area contributed by atoms with Gasteiger partial charge in [0.15, 0.2) is 6.29 Å². The Bertz CT molecular complexity index is 765. The predicted octanol–water partition coefficient (Wildman–Crippen LogP) is 2.48. The van der Waals surface area contributed by atoms with E-state index in [4.69, 9.17) is 4.55 Å². The molecule has 0 spiro atoms. The van der Waals surface area contributed by atoms with Crippen molar-refractivity contribution in [1.29, 1.82) is 0 Å². The van der Waals surface area contributed by atoms with Crippen LogP contribution in [0.25, 0.3) is 5.57 Å². The number of fused-ring (bicyclic) bond motifs is 1. The smallest absolute Gasteiger partial charge is 0.264 e. The number of aldehydes is 1. The third-order valence-corrected chi connectivity index (χ3v) is 4.84. The molecule has 0 unspecified atom stereocenters. The minimum Gasteiger partial charge on any atom is -0.507 e. The van der Waals surface area contributed by atoms with Crippen LogP contribution in [-0.2, 0) is 10.1 Å². The number of aromatic hydroxyl groups is 1. The predicted molar refractivity (Wildman–Crippen MR) is 89.6 cm³/mol. The SMILES string of the molecule is CC1=CC(C)(C)N(CCCS(=O)(=O)O)c2cc(O)c(C=O)cc21. The first-order chi connectivity index (χ1) is 10.5. The fourth-order valence-electron chi connectivity index (χ4n) is 3.04. The van der Waals surface area contributed by atoms with Crippen molar-refractivity contribution in [2.24, 2.45) is 0 Å². The summed E-state index contributed by atoms with van der Waals surface area (Å²) in [4.78, 5) is 13.0. The lowest BCUT2D eigenvalue weighted by Gasteiger charge is -2.43. The van der Waals surface area contributed by atoms with Crippen LogP contribution in [-0.4, -0.2) is 42.2 Å². The van der Waals surface area contributed by atoms with Crippen LogP contribution in [0, 0.1) is 0 Å². The van der Waals surface area contributed by atoms with Crippen molar-refractivity contribution in [2.75, 3.05) is 17.2 Å². The second-order valence-corrected chi connectivity index (χ2v) is 7.89. The molecule has 0 saturated heterocycles. The highest BCUT2D eigenvalue weighted by atomic mass is 32.2. The molecule has 23 heavy (non-hydrogen) atoms. The first-order valence-electron chi connectivity index (χ1n) is 7.30. The molecule has 1 aromatic rings. The summed E-state index contributed by atoms with van der Waals surface area (Å²) < 4.78 is 30.7. The van der Waals surface area contributed by atoms with Gasteiger partial charge in [0, 0.05) is 23.9 Å². The Labute approximate surface area is 136 Å². The standard InChI is InChI=1S/C16H21NO5S/c1-11-9-16(2,3)17(5-4-6-23(20,21)22)14-8-15(19)12(10-18)7-13(11)14/h7-10,19H,4-6H2,1-3H3,(H,20,21,22). The maximum absolute atomic E-state index is 11.0. The zero-order valence-corrected chi connectivity index (χ0v) is 14.2. The number of rotatable bonds is 5. The van der Waals surface area contributed by atoms with E-state index in [9.17, 15) is 18.3 Å². The summed E-state index contributed by atoms with van der Waals surface area (Å²) in [6, 6.07) is 3.17. The molecule has 1 heterocycles.